The summed E-state index contributed by atoms with van der Waals surface area (Å²) >= 11 is 0. The third-order valence-corrected chi connectivity index (χ3v) is 9.25. The van der Waals surface area contributed by atoms with E-state index in [1.807, 2.05) is 0 Å². The number of hydrogen-bond donors (Lipinski definition) is 0. The quantitative estimate of drug-likeness (QED) is 0.232. The van der Waals surface area contributed by atoms with Crippen LogP contribution in [0.1, 0.15) is 65.2 Å². The maximum Gasteiger partial charge on any atom is 0.407 e. The summed E-state index contributed by atoms with van der Waals surface area (Å²) < 4.78 is 18.8. The monoisotopic (exact) mass is 442 g/mol. The summed E-state index contributed by atoms with van der Waals surface area (Å²) in [6, 6.07) is 21.2. The number of rotatable bonds is 17. The van der Waals surface area contributed by atoms with Crippen LogP contribution in [0, 0.1) is 5.92 Å². The fraction of sp³-hybridized carbons (Fsp3) is 0.556. The zero-order chi connectivity index (χ0) is 22.2. The molecule has 2 aromatic rings. The van der Waals surface area contributed by atoms with Crippen LogP contribution >= 0.6 is 0 Å². The summed E-state index contributed by atoms with van der Waals surface area (Å²) in [6.07, 6.45) is 9.62. The lowest BCUT2D eigenvalue weighted by Gasteiger charge is -2.32. The average Bonchev–Trinajstić information content (AvgIpc) is 2.82. The van der Waals surface area contributed by atoms with E-state index in [4.69, 9.17) is 13.6 Å². The molecular weight excluding hydrogens is 400 g/mol. The summed E-state index contributed by atoms with van der Waals surface area (Å²) in [4.78, 5) is 0. The largest absolute Gasteiger partial charge is 0.407 e. The van der Waals surface area contributed by atoms with Gasteiger partial charge in [-0.05, 0) is 35.6 Å². The van der Waals surface area contributed by atoms with Crippen LogP contribution in [0.2, 0.25) is 0 Å². The molecule has 0 radical (unpaired) electrons. The number of methoxy groups -OCH3 is 1. The fourth-order valence-electron chi connectivity index (χ4n) is 3.82. The minimum atomic E-state index is -2.75. The molecule has 2 aromatic carbocycles. The van der Waals surface area contributed by atoms with Crippen LogP contribution in [0.5, 0.6) is 0 Å². The highest BCUT2D eigenvalue weighted by Crippen LogP contribution is 2.15. The molecule has 1 unspecified atom stereocenters. The third-order valence-electron chi connectivity index (χ3n) is 5.84. The van der Waals surface area contributed by atoms with E-state index < -0.39 is 8.56 Å². The molecule has 0 aliphatic heterocycles. The molecule has 0 heterocycles. The lowest BCUT2D eigenvalue weighted by Crippen LogP contribution is -2.63. The molecule has 3 nitrogen and oxygen atoms in total. The molecule has 0 spiro atoms. The lowest BCUT2D eigenvalue weighted by atomic mass is 10.1. The van der Waals surface area contributed by atoms with Gasteiger partial charge in [0.1, 0.15) is 0 Å². The van der Waals surface area contributed by atoms with Crippen molar-refractivity contribution in [1.82, 2.24) is 0 Å². The molecule has 0 aromatic heterocycles. The van der Waals surface area contributed by atoms with E-state index in [-0.39, 0.29) is 0 Å². The SMILES string of the molecule is CCCCCCCCO[Si](OCCC(C)CCOC)(c1ccccc1)c1ccccc1. The van der Waals surface area contributed by atoms with Crippen molar-refractivity contribution in [2.75, 3.05) is 26.9 Å². The molecule has 1 atom stereocenters. The van der Waals surface area contributed by atoms with Gasteiger partial charge in [-0.3, -0.25) is 0 Å². The van der Waals surface area contributed by atoms with E-state index in [1.165, 1.54) is 42.5 Å². The maximum absolute atomic E-state index is 6.77. The van der Waals surface area contributed by atoms with Crippen LogP contribution in [-0.2, 0) is 13.6 Å². The van der Waals surface area contributed by atoms with Crippen molar-refractivity contribution in [1.29, 1.82) is 0 Å². The van der Waals surface area contributed by atoms with Crippen LogP contribution in [0.15, 0.2) is 60.7 Å². The van der Waals surface area contributed by atoms with Gasteiger partial charge in [0, 0.05) is 26.9 Å². The molecular formula is C27H42O3Si. The molecule has 0 saturated heterocycles. The van der Waals surface area contributed by atoms with E-state index in [2.05, 4.69) is 74.5 Å². The summed E-state index contributed by atoms with van der Waals surface area (Å²) in [7, 11) is -0.987. The molecule has 172 valence electrons. The fourth-order valence-corrected chi connectivity index (χ4v) is 7.01. The van der Waals surface area contributed by atoms with Gasteiger partial charge in [-0.2, -0.15) is 0 Å². The molecule has 2 rings (SSSR count). The normalized spacial score (nSPS) is 12.7. The Kier molecular flexibility index (Phi) is 12.8. The van der Waals surface area contributed by atoms with Crippen LogP contribution in [0.25, 0.3) is 0 Å². The van der Waals surface area contributed by atoms with E-state index in [0.717, 1.165) is 32.5 Å². The standard InChI is InChI=1S/C27H42O3Si/c1-4-5-6-7-8-15-22-29-31(26-16-11-9-12-17-26,27-18-13-10-14-19-27)30-24-21-25(2)20-23-28-3/h9-14,16-19,25H,4-8,15,20-24H2,1-3H3. The van der Waals surface area contributed by atoms with Gasteiger partial charge in [0.15, 0.2) is 0 Å². The van der Waals surface area contributed by atoms with Gasteiger partial charge in [-0.1, -0.05) is 107 Å². The van der Waals surface area contributed by atoms with Gasteiger partial charge in [-0.15, -0.1) is 0 Å². The van der Waals surface area contributed by atoms with E-state index in [9.17, 15) is 0 Å². The highest BCUT2D eigenvalue weighted by atomic mass is 28.4. The molecule has 0 amide bonds. The summed E-state index contributed by atoms with van der Waals surface area (Å²) in [5.74, 6) is 0.566. The minimum absolute atomic E-state index is 0.566. The smallest absolute Gasteiger partial charge is 0.388 e. The molecule has 31 heavy (non-hydrogen) atoms. The van der Waals surface area contributed by atoms with Crippen molar-refractivity contribution >= 4 is 18.9 Å². The summed E-state index contributed by atoms with van der Waals surface area (Å²) in [5, 5.41) is 2.38. The Bertz CT molecular complexity index is 638. The zero-order valence-corrected chi connectivity index (χ0v) is 20.9. The summed E-state index contributed by atoms with van der Waals surface area (Å²) in [6.45, 7) is 6.79. The Morgan fingerprint density at radius 1 is 0.677 bits per heavy atom. The van der Waals surface area contributed by atoms with Gasteiger partial charge >= 0.3 is 8.56 Å². The maximum atomic E-state index is 6.77. The van der Waals surface area contributed by atoms with Crippen molar-refractivity contribution in [3.63, 3.8) is 0 Å². The Hall–Kier alpha value is -1.46. The highest BCUT2D eigenvalue weighted by molar-refractivity contribution is 6.92. The molecule has 0 N–H and O–H groups in total. The van der Waals surface area contributed by atoms with E-state index >= 15 is 0 Å². The van der Waals surface area contributed by atoms with Crippen molar-refractivity contribution in [2.45, 2.75) is 65.2 Å². The Labute approximate surface area is 191 Å². The van der Waals surface area contributed by atoms with Crippen molar-refractivity contribution in [3.05, 3.63) is 60.7 Å². The topological polar surface area (TPSA) is 27.7 Å². The molecule has 0 aliphatic rings. The molecule has 0 aliphatic carbocycles. The molecule has 4 heteroatoms. The second-order valence-corrected chi connectivity index (χ2v) is 11.5. The highest BCUT2D eigenvalue weighted by Gasteiger charge is 2.42. The van der Waals surface area contributed by atoms with E-state index in [1.54, 1.807) is 7.11 Å². The number of unbranched alkanes of at least 4 members (excludes halogenated alkanes) is 5. The minimum Gasteiger partial charge on any atom is -0.388 e. The lowest BCUT2D eigenvalue weighted by molar-refractivity contribution is 0.157. The second kappa shape index (κ2) is 15.4. The van der Waals surface area contributed by atoms with Gasteiger partial charge < -0.3 is 13.6 Å². The number of ether oxygens (including phenoxy) is 1. The van der Waals surface area contributed by atoms with Gasteiger partial charge in [0.2, 0.25) is 0 Å². The van der Waals surface area contributed by atoms with Crippen molar-refractivity contribution in [2.24, 2.45) is 5.92 Å². The third kappa shape index (κ3) is 8.89. The number of hydrogen-bond acceptors (Lipinski definition) is 3. The Morgan fingerprint density at radius 2 is 1.19 bits per heavy atom. The van der Waals surface area contributed by atoms with Gasteiger partial charge in [0.25, 0.3) is 0 Å². The first-order chi connectivity index (χ1) is 15.2. The van der Waals surface area contributed by atoms with Crippen LogP contribution in [0.3, 0.4) is 0 Å². The van der Waals surface area contributed by atoms with Crippen molar-refractivity contribution in [3.8, 4) is 0 Å². The Balaban J connectivity index is 2.13. The molecule has 0 saturated carbocycles. The van der Waals surface area contributed by atoms with Gasteiger partial charge in [0.05, 0.1) is 0 Å². The predicted molar refractivity (Wildman–Crippen MR) is 133 cm³/mol. The Morgan fingerprint density at radius 3 is 1.77 bits per heavy atom. The van der Waals surface area contributed by atoms with Gasteiger partial charge in [-0.25, -0.2) is 0 Å². The second-order valence-electron chi connectivity index (χ2n) is 8.49. The van der Waals surface area contributed by atoms with Crippen LogP contribution in [0.4, 0.5) is 0 Å². The van der Waals surface area contributed by atoms with Crippen LogP contribution in [-0.4, -0.2) is 35.5 Å². The summed E-state index contributed by atoms with van der Waals surface area (Å²) in [5.41, 5.74) is 0. The van der Waals surface area contributed by atoms with Crippen LogP contribution < -0.4 is 10.4 Å². The zero-order valence-electron chi connectivity index (χ0n) is 19.9. The molecule has 0 bridgehead atoms. The predicted octanol–water partition coefficient (Wildman–Crippen LogP) is 5.70. The first-order valence-electron chi connectivity index (χ1n) is 12.1. The first kappa shape index (κ1) is 25.8. The number of benzene rings is 2. The van der Waals surface area contributed by atoms with E-state index in [0.29, 0.717) is 12.5 Å². The van der Waals surface area contributed by atoms with Crippen molar-refractivity contribution < 1.29 is 13.6 Å². The average molecular weight is 443 g/mol. The first-order valence-corrected chi connectivity index (χ1v) is 13.9. The molecule has 0 fully saturated rings.